The van der Waals surface area contributed by atoms with E-state index in [1.54, 1.807) is 22.9 Å². The summed E-state index contributed by atoms with van der Waals surface area (Å²) in [5.41, 5.74) is 0.555. The number of nitrogens with one attached hydrogen (secondary N) is 1. The predicted octanol–water partition coefficient (Wildman–Crippen LogP) is 1.77. The van der Waals surface area contributed by atoms with Crippen LogP contribution in [0.4, 0.5) is 11.5 Å². The minimum absolute atomic E-state index is 0.0134. The smallest absolute Gasteiger partial charge is 0.352 e. The minimum Gasteiger partial charge on any atom is -0.477 e. The van der Waals surface area contributed by atoms with Crippen LogP contribution in [0.25, 0.3) is 0 Å². The first-order valence-electron chi connectivity index (χ1n) is 6.06. The Bertz CT molecular complexity index is 765. The molecule has 106 valence electrons. The standard InChI is InChI=1S/C13H10N4O4/c18-13(19)10-7-11(16-12(15-10)4-5-14-16)8-2-1-3-9(6-8)17(20)21/h1-7,11,15H,(H,18,19). The van der Waals surface area contributed by atoms with Crippen LogP contribution in [0, 0.1) is 10.1 Å². The van der Waals surface area contributed by atoms with Gasteiger partial charge in [0, 0.05) is 18.2 Å². The monoisotopic (exact) mass is 286 g/mol. The lowest BCUT2D eigenvalue weighted by Gasteiger charge is -2.23. The maximum Gasteiger partial charge on any atom is 0.352 e. The highest BCUT2D eigenvalue weighted by molar-refractivity contribution is 5.90. The molecule has 1 atom stereocenters. The van der Waals surface area contributed by atoms with Crippen LogP contribution in [0.1, 0.15) is 11.6 Å². The summed E-state index contributed by atoms with van der Waals surface area (Å²) >= 11 is 0. The average molecular weight is 286 g/mol. The van der Waals surface area contributed by atoms with E-state index in [0.29, 0.717) is 11.4 Å². The SMILES string of the molecule is O=C(O)C1=CC(c2cccc([N+](=O)[O-])c2)n2nccc2N1. The number of carboxylic acid groups (broad SMARTS) is 1. The number of carbonyl (C=O) groups is 1. The van der Waals surface area contributed by atoms with Crippen molar-refractivity contribution < 1.29 is 14.8 Å². The van der Waals surface area contributed by atoms with Crippen LogP contribution in [0.15, 0.2) is 48.3 Å². The molecule has 0 bridgehead atoms. The second-order valence-electron chi connectivity index (χ2n) is 4.47. The van der Waals surface area contributed by atoms with Crippen molar-refractivity contribution >= 4 is 17.5 Å². The molecule has 0 radical (unpaired) electrons. The normalized spacial score (nSPS) is 16.6. The second kappa shape index (κ2) is 4.75. The van der Waals surface area contributed by atoms with Crippen molar-refractivity contribution in [2.45, 2.75) is 6.04 Å². The van der Waals surface area contributed by atoms with E-state index in [0.717, 1.165) is 0 Å². The Hall–Kier alpha value is -3.16. The fourth-order valence-corrected chi connectivity index (χ4v) is 2.23. The third-order valence-corrected chi connectivity index (χ3v) is 3.17. The Morgan fingerprint density at radius 3 is 2.95 bits per heavy atom. The van der Waals surface area contributed by atoms with Crippen LogP contribution in [0.2, 0.25) is 0 Å². The molecule has 3 rings (SSSR count). The molecule has 1 aliphatic rings. The van der Waals surface area contributed by atoms with Gasteiger partial charge >= 0.3 is 5.97 Å². The van der Waals surface area contributed by atoms with Gasteiger partial charge in [0.05, 0.1) is 11.1 Å². The second-order valence-corrected chi connectivity index (χ2v) is 4.47. The Morgan fingerprint density at radius 1 is 1.43 bits per heavy atom. The molecule has 8 nitrogen and oxygen atoms in total. The molecule has 1 unspecified atom stereocenters. The lowest BCUT2D eigenvalue weighted by molar-refractivity contribution is -0.384. The summed E-state index contributed by atoms with van der Waals surface area (Å²) in [6.45, 7) is 0. The molecule has 0 spiro atoms. The summed E-state index contributed by atoms with van der Waals surface area (Å²) in [4.78, 5) is 21.5. The van der Waals surface area contributed by atoms with Crippen LogP contribution in [-0.4, -0.2) is 25.8 Å². The van der Waals surface area contributed by atoms with Gasteiger partial charge in [-0.05, 0) is 11.6 Å². The maximum atomic E-state index is 11.2. The van der Waals surface area contributed by atoms with Crippen molar-refractivity contribution in [3.05, 3.63) is 64.0 Å². The van der Waals surface area contributed by atoms with Crippen LogP contribution < -0.4 is 5.32 Å². The number of hydrogen-bond donors (Lipinski definition) is 2. The molecule has 0 amide bonds. The average Bonchev–Trinajstić information content (AvgIpc) is 2.94. The number of nitrogens with zero attached hydrogens (tertiary/aromatic N) is 3. The van der Waals surface area contributed by atoms with Gasteiger partial charge in [0.2, 0.25) is 0 Å². The Morgan fingerprint density at radius 2 is 2.24 bits per heavy atom. The number of aromatic nitrogens is 2. The molecule has 1 aromatic carbocycles. The van der Waals surface area contributed by atoms with Crippen molar-refractivity contribution in [1.29, 1.82) is 0 Å². The Labute approximate surface area is 118 Å². The number of carboxylic acids is 1. The number of benzene rings is 1. The van der Waals surface area contributed by atoms with Crippen molar-refractivity contribution in [3.8, 4) is 0 Å². The first-order valence-corrected chi connectivity index (χ1v) is 6.06. The number of hydrogen-bond acceptors (Lipinski definition) is 5. The van der Waals surface area contributed by atoms with E-state index in [1.807, 2.05) is 0 Å². The fourth-order valence-electron chi connectivity index (χ4n) is 2.23. The third kappa shape index (κ3) is 2.22. The zero-order valence-electron chi connectivity index (χ0n) is 10.6. The molecule has 2 N–H and O–H groups in total. The first-order chi connectivity index (χ1) is 10.1. The lowest BCUT2D eigenvalue weighted by atomic mass is 10.0. The highest BCUT2D eigenvalue weighted by Crippen LogP contribution is 2.30. The van der Waals surface area contributed by atoms with E-state index < -0.39 is 16.9 Å². The van der Waals surface area contributed by atoms with Gasteiger partial charge in [0.1, 0.15) is 17.6 Å². The number of fused-ring (bicyclic) bond motifs is 1. The molecule has 1 aliphatic heterocycles. The topological polar surface area (TPSA) is 110 Å². The van der Waals surface area contributed by atoms with Gasteiger partial charge in [-0.15, -0.1) is 0 Å². The number of rotatable bonds is 3. The highest BCUT2D eigenvalue weighted by Gasteiger charge is 2.25. The van der Waals surface area contributed by atoms with E-state index in [4.69, 9.17) is 5.11 Å². The van der Waals surface area contributed by atoms with Crippen molar-refractivity contribution in [2.24, 2.45) is 0 Å². The van der Waals surface area contributed by atoms with Gasteiger partial charge in [-0.3, -0.25) is 10.1 Å². The summed E-state index contributed by atoms with van der Waals surface area (Å²) in [5, 5.41) is 26.9. The minimum atomic E-state index is -1.10. The fraction of sp³-hybridized carbons (Fsp3) is 0.0769. The summed E-state index contributed by atoms with van der Waals surface area (Å²) in [6, 6.07) is 7.19. The van der Waals surface area contributed by atoms with Gasteiger partial charge < -0.3 is 10.4 Å². The van der Waals surface area contributed by atoms with Crippen molar-refractivity contribution in [2.75, 3.05) is 5.32 Å². The number of nitro groups is 1. The largest absolute Gasteiger partial charge is 0.477 e. The van der Waals surface area contributed by atoms with Crippen LogP contribution in [-0.2, 0) is 4.79 Å². The number of allylic oxidation sites excluding steroid dienone is 1. The van der Waals surface area contributed by atoms with Gasteiger partial charge in [-0.1, -0.05) is 12.1 Å². The molecule has 0 saturated carbocycles. The predicted molar refractivity (Wildman–Crippen MR) is 72.8 cm³/mol. The number of aliphatic carboxylic acids is 1. The molecule has 0 saturated heterocycles. The molecule has 8 heteroatoms. The number of anilines is 1. The Kier molecular flexibility index (Phi) is 2.90. The van der Waals surface area contributed by atoms with E-state index in [1.165, 1.54) is 24.4 Å². The summed E-state index contributed by atoms with van der Waals surface area (Å²) < 4.78 is 1.57. The van der Waals surface area contributed by atoms with E-state index >= 15 is 0 Å². The molecular weight excluding hydrogens is 276 g/mol. The van der Waals surface area contributed by atoms with Crippen LogP contribution in [0.3, 0.4) is 0 Å². The molecule has 21 heavy (non-hydrogen) atoms. The number of nitro benzene ring substituents is 1. The molecule has 0 fully saturated rings. The Balaban J connectivity index is 2.10. The van der Waals surface area contributed by atoms with Crippen LogP contribution >= 0.6 is 0 Å². The first kappa shape index (κ1) is 12.9. The lowest BCUT2D eigenvalue weighted by Crippen LogP contribution is -2.23. The quantitative estimate of drug-likeness (QED) is 0.657. The van der Waals surface area contributed by atoms with Crippen molar-refractivity contribution in [1.82, 2.24) is 9.78 Å². The number of non-ortho nitro benzene ring substituents is 1. The highest BCUT2D eigenvalue weighted by atomic mass is 16.6. The zero-order chi connectivity index (χ0) is 15.0. The molecule has 2 heterocycles. The van der Waals surface area contributed by atoms with Gasteiger partial charge in [0.15, 0.2) is 0 Å². The molecule has 0 aliphatic carbocycles. The van der Waals surface area contributed by atoms with E-state index in [9.17, 15) is 14.9 Å². The third-order valence-electron chi connectivity index (χ3n) is 3.17. The summed E-state index contributed by atoms with van der Waals surface area (Å²) in [5.74, 6) is -0.579. The van der Waals surface area contributed by atoms with Crippen LogP contribution in [0.5, 0.6) is 0 Å². The van der Waals surface area contributed by atoms with E-state index in [-0.39, 0.29) is 11.4 Å². The van der Waals surface area contributed by atoms with Gasteiger partial charge in [0.25, 0.3) is 5.69 Å². The summed E-state index contributed by atoms with van der Waals surface area (Å²) in [7, 11) is 0. The van der Waals surface area contributed by atoms with Crippen molar-refractivity contribution in [3.63, 3.8) is 0 Å². The van der Waals surface area contributed by atoms with Gasteiger partial charge in [-0.25, -0.2) is 9.48 Å². The molecule has 1 aromatic heterocycles. The maximum absolute atomic E-state index is 11.2. The molecular formula is C13H10N4O4. The van der Waals surface area contributed by atoms with E-state index in [2.05, 4.69) is 10.4 Å². The zero-order valence-corrected chi connectivity index (χ0v) is 10.6. The summed E-state index contributed by atoms with van der Waals surface area (Å²) in [6.07, 6.45) is 3.01. The molecule has 2 aromatic rings. The van der Waals surface area contributed by atoms with Gasteiger partial charge in [-0.2, -0.15) is 5.10 Å².